The number of carboxylic acids is 1. The first-order valence-corrected chi connectivity index (χ1v) is 8.37. The lowest BCUT2D eigenvalue weighted by molar-refractivity contribution is -0.147. The number of hydrogen-bond acceptors (Lipinski definition) is 4. The zero-order valence-electron chi connectivity index (χ0n) is 13.8. The average molecular weight is 297 g/mol. The summed E-state index contributed by atoms with van der Waals surface area (Å²) in [6.45, 7) is 4.93. The molecule has 122 valence electrons. The molecule has 1 aliphatic heterocycles. The number of rotatable bonds is 6. The van der Waals surface area contributed by atoms with Crippen LogP contribution in [0.3, 0.4) is 0 Å². The van der Waals surface area contributed by atoms with E-state index in [4.69, 9.17) is 0 Å². The van der Waals surface area contributed by atoms with Crippen molar-refractivity contribution in [1.29, 1.82) is 0 Å². The minimum Gasteiger partial charge on any atom is -0.480 e. The Morgan fingerprint density at radius 1 is 1.38 bits per heavy atom. The van der Waals surface area contributed by atoms with Gasteiger partial charge in [0.15, 0.2) is 0 Å². The predicted octanol–water partition coefficient (Wildman–Crippen LogP) is 1.39. The molecule has 2 fully saturated rings. The number of aliphatic carboxylic acids is 1. The number of nitrogens with one attached hydrogen (secondary N) is 1. The van der Waals surface area contributed by atoms with E-state index < -0.39 is 11.5 Å². The molecule has 0 spiro atoms. The van der Waals surface area contributed by atoms with Crippen molar-refractivity contribution in [2.24, 2.45) is 0 Å². The van der Waals surface area contributed by atoms with E-state index in [0.29, 0.717) is 12.1 Å². The van der Waals surface area contributed by atoms with E-state index in [1.807, 2.05) is 6.92 Å². The van der Waals surface area contributed by atoms with Crippen LogP contribution in [0.4, 0.5) is 0 Å². The summed E-state index contributed by atoms with van der Waals surface area (Å²) in [5.74, 6) is -0.669. The average Bonchev–Trinajstić information content (AvgIpc) is 2.86. The van der Waals surface area contributed by atoms with Gasteiger partial charge in [-0.05, 0) is 65.7 Å². The summed E-state index contributed by atoms with van der Waals surface area (Å²) in [7, 11) is 4.25. The predicted molar refractivity (Wildman–Crippen MR) is 84.6 cm³/mol. The molecule has 21 heavy (non-hydrogen) atoms. The smallest absolute Gasteiger partial charge is 0.323 e. The van der Waals surface area contributed by atoms with E-state index in [0.717, 1.165) is 45.3 Å². The topological polar surface area (TPSA) is 55.8 Å². The molecule has 1 saturated carbocycles. The molecule has 3 atom stereocenters. The van der Waals surface area contributed by atoms with E-state index in [1.165, 1.54) is 12.8 Å². The van der Waals surface area contributed by atoms with Crippen LogP contribution in [0.15, 0.2) is 0 Å². The van der Waals surface area contributed by atoms with Crippen LogP contribution in [0, 0.1) is 0 Å². The zero-order valence-corrected chi connectivity index (χ0v) is 13.8. The summed E-state index contributed by atoms with van der Waals surface area (Å²) in [6.07, 6.45) is 6.16. The molecular weight excluding hydrogens is 266 g/mol. The molecule has 2 N–H and O–H groups in total. The largest absolute Gasteiger partial charge is 0.480 e. The van der Waals surface area contributed by atoms with Crippen LogP contribution < -0.4 is 5.32 Å². The van der Waals surface area contributed by atoms with Crippen LogP contribution in [0.5, 0.6) is 0 Å². The number of likely N-dealkylation sites (tertiary alicyclic amines) is 1. The Hall–Kier alpha value is -0.650. The van der Waals surface area contributed by atoms with Gasteiger partial charge >= 0.3 is 5.97 Å². The summed E-state index contributed by atoms with van der Waals surface area (Å²) in [4.78, 5) is 16.6. The Bertz CT molecular complexity index is 357. The van der Waals surface area contributed by atoms with Crippen LogP contribution in [0.25, 0.3) is 0 Å². The number of nitrogens with zero attached hydrogens (tertiary/aromatic N) is 2. The second-order valence-electron chi connectivity index (χ2n) is 6.96. The van der Waals surface area contributed by atoms with E-state index in [1.54, 1.807) is 0 Å². The highest BCUT2D eigenvalue weighted by atomic mass is 16.4. The molecular formula is C16H31N3O2. The fourth-order valence-electron chi connectivity index (χ4n) is 4.25. The maximum absolute atomic E-state index is 11.8. The Morgan fingerprint density at radius 2 is 2.14 bits per heavy atom. The molecule has 0 radical (unpaired) electrons. The van der Waals surface area contributed by atoms with Crippen molar-refractivity contribution in [2.45, 2.75) is 63.1 Å². The molecule has 5 nitrogen and oxygen atoms in total. The van der Waals surface area contributed by atoms with Crippen molar-refractivity contribution in [3.05, 3.63) is 0 Å². The van der Waals surface area contributed by atoms with Gasteiger partial charge in [0.1, 0.15) is 5.54 Å². The van der Waals surface area contributed by atoms with Crippen LogP contribution in [-0.4, -0.2) is 72.2 Å². The Balaban J connectivity index is 2.07. The second kappa shape index (κ2) is 7.07. The van der Waals surface area contributed by atoms with Crippen molar-refractivity contribution < 1.29 is 9.90 Å². The van der Waals surface area contributed by atoms with E-state index in [-0.39, 0.29) is 0 Å². The van der Waals surface area contributed by atoms with Crippen molar-refractivity contribution in [1.82, 2.24) is 15.1 Å². The summed E-state index contributed by atoms with van der Waals surface area (Å²) in [5, 5.41) is 13.0. The highest BCUT2D eigenvalue weighted by molar-refractivity contribution is 5.79. The molecule has 5 heteroatoms. The third kappa shape index (κ3) is 3.76. The Labute approximate surface area is 128 Å². The quantitative estimate of drug-likeness (QED) is 0.776. The molecule has 0 aromatic heterocycles. The van der Waals surface area contributed by atoms with E-state index >= 15 is 0 Å². The molecule has 0 bridgehead atoms. The van der Waals surface area contributed by atoms with Gasteiger partial charge in [-0.1, -0.05) is 6.92 Å². The summed E-state index contributed by atoms with van der Waals surface area (Å²) >= 11 is 0. The number of carboxylic acid groups (broad SMARTS) is 1. The summed E-state index contributed by atoms with van der Waals surface area (Å²) in [6, 6.07) is 1.01. The summed E-state index contributed by atoms with van der Waals surface area (Å²) < 4.78 is 0. The van der Waals surface area contributed by atoms with Crippen molar-refractivity contribution in [3.8, 4) is 0 Å². The minimum atomic E-state index is -0.705. The van der Waals surface area contributed by atoms with Crippen LogP contribution in [0.1, 0.15) is 45.4 Å². The molecule has 0 aromatic carbocycles. The maximum Gasteiger partial charge on any atom is 0.323 e. The van der Waals surface area contributed by atoms with Crippen LogP contribution in [0.2, 0.25) is 0 Å². The molecule has 1 saturated heterocycles. The number of carbonyl (C=O) groups is 1. The lowest BCUT2D eigenvalue weighted by atomic mass is 9.78. The van der Waals surface area contributed by atoms with Crippen molar-refractivity contribution >= 4 is 5.97 Å². The van der Waals surface area contributed by atoms with Crippen molar-refractivity contribution in [3.63, 3.8) is 0 Å². The highest BCUT2D eigenvalue weighted by Crippen LogP contribution is 2.35. The van der Waals surface area contributed by atoms with Gasteiger partial charge in [-0.3, -0.25) is 9.69 Å². The molecule has 3 unspecified atom stereocenters. The Kier molecular flexibility index (Phi) is 5.63. The van der Waals surface area contributed by atoms with Gasteiger partial charge < -0.3 is 15.3 Å². The molecule has 1 heterocycles. The van der Waals surface area contributed by atoms with Gasteiger partial charge in [0.05, 0.1) is 0 Å². The first-order valence-electron chi connectivity index (χ1n) is 8.37. The normalized spacial score (nSPS) is 34.5. The van der Waals surface area contributed by atoms with Gasteiger partial charge in [-0.25, -0.2) is 0 Å². The monoisotopic (exact) mass is 297 g/mol. The molecule has 2 rings (SSSR count). The maximum atomic E-state index is 11.8. The van der Waals surface area contributed by atoms with Crippen LogP contribution >= 0.6 is 0 Å². The first kappa shape index (κ1) is 16.7. The minimum absolute atomic E-state index is 0.418. The SMILES string of the molecule is CCNC1(C(=O)O)CCCC(N2CCCC2CN(C)C)C1. The van der Waals surface area contributed by atoms with Gasteiger partial charge in [-0.15, -0.1) is 0 Å². The third-order valence-corrected chi connectivity index (χ3v) is 5.12. The van der Waals surface area contributed by atoms with Gasteiger partial charge in [0.2, 0.25) is 0 Å². The first-order chi connectivity index (χ1) is 9.98. The molecule has 1 aliphatic carbocycles. The Morgan fingerprint density at radius 3 is 2.76 bits per heavy atom. The van der Waals surface area contributed by atoms with Crippen LogP contribution in [-0.2, 0) is 4.79 Å². The lowest BCUT2D eigenvalue weighted by Crippen LogP contribution is -2.59. The third-order valence-electron chi connectivity index (χ3n) is 5.12. The number of likely N-dealkylation sites (N-methyl/N-ethyl adjacent to an activating group) is 2. The highest BCUT2D eigenvalue weighted by Gasteiger charge is 2.45. The zero-order chi connectivity index (χ0) is 15.5. The molecule has 2 aliphatic rings. The van der Waals surface area contributed by atoms with Gasteiger partial charge in [0.25, 0.3) is 0 Å². The number of hydrogen-bond donors (Lipinski definition) is 2. The van der Waals surface area contributed by atoms with E-state index in [2.05, 4.69) is 29.2 Å². The van der Waals surface area contributed by atoms with Gasteiger partial charge in [0, 0.05) is 18.6 Å². The fourth-order valence-corrected chi connectivity index (χ4v) is 4.25. The standard InChI is InChI=1S/C16H31N3O2/c1-4-17-16(15(20)21)9-5-7-13(11-16)19-10-6-8-14(19)12-18(2)3/h13-14,17H,4-12H2,1-3H3,(H,20,21). The second-order valence-corrected chi connectivity index (χ2v) is 6.96. The summed E-state index contributed by atoms with van der Waals surface area (Å²) in [5.41, 5.74) is -0.705. The van der Waals surface area contributed by atoms with E-state index in [9.17, 15) is 9.90 Å². The molecule has 0 amide bonds. The molecule has 0 aromatic rings. The van der Waals surface area contributed by atoms with Crippen molar-refractivity contribution in [2.75, 3.05) is 33.7 Å². The fraction of sp³-hybridized carbons (Fsp3) is 0.938. The van der Waals surface area contributed by atoms with Gasteiger partial charge in [-0.2, -0.15) is 0 Å². The lowest BCUT2D eigenvalue weighted by Gasteiger charge is -2.43.